The minimum absolute atomic E-state index is 0. The zero-order valence-corrected chi connectivity index (χ0v) is 13.4. The van der Waals surface area contributed by atoms with Gasteiger partial charge < -0.3 is 14.8 Å². The van der Waals surface area contributed by atoms with Gasteiger partial charge in [0.1, 0.15) is 0 Å². The molecule has 1 radical (unpaired) electrons. The first kappa shape index (κ1) is 19.2. The predicted molar refractivity (Wildman–Crippen MR) is 41.6 cm³/mol. The predicted octanol–water partition coefficient (Wildman–Crippen LogP) is 0.950. The van der Waals surface area contributed by atoms with E-state index in [2.05, 4.69) is 16.2 Å². The Morgan fingerprint density at radius 2 is 2.15 bits per heavy atom. The second-order valence-electron chi connectivity index (χ2n) is 1.42. The van der Waals surface area contributed by atoms with E-state index in [0.717, 1.165) is 0 Å². The van der Waals surface area contributed by atoms with Crippen LogP contribution in [0.15, 0.2) is 12.3 Å². The number of nitrogens with zero attached hydrogens (tertiary/aromatic N) is 2. The summed E-state index contributed by atoms with van der Waals surface area (Å²) in [4.78, 5) is 17.2. The van der Waals surface area contributed by atoms with E-state index < -0.39 is 0 Å². The molecular weight excluding hydrogens is 413 g/mol. The molecule has 0 atom stereocenters. The molecule has 3 nitrogen and oxygen atoms in total. The van der Waals surface area contributed by atoms with Crippen LogP contribution in [0.25, 0.3) is 0 Å². The van der Waals surface area contributed by atoms with Gasteiger partial charge in [0.05, 0.1) is 0 Å². The summed E-state index contributed by atoms with van der Waals surface area (Å²) in [5.74, 6) is 0.465. The van der Waals surface area contributed by atoms with Crippen LogP contribution in [0.3, 0.4) is 0 Å². The van der Waals surface area contributed by atoms with E-state index in [4.69, 9.17) is 0 Å². The molecule has 0 spiro atoms. The normalized spacial score (nSPS) is 6.62. The average molecular weight is 423 g/mol. The molecule has 13 heavy (non-hydrogen) atoms. The summed E-state index contributed by atoms with van der Waals surface area (Å²) in [5, 5.41) is 0. The Kier molecular flexibility index (Phi) is 22.2. The molecule has 0 aliphatic rings. The first-order valence-corrected chi connectivity index (χ1v) is 3.46. The molecule has 0 aliphatic heterocycles. The Bertz CT molecular complexity index is 197. The van der Waals surface area contributed by atoms with Crippen LogP contribution in [-0.2, 0) is 65.0 Å². The van der Waals surface area contributed by atoms with Crippen molar-refractivity contribution in [1.29, 1.82) is 0 Å². The monoisotopic (exact) mass is 423 g/mol. The number of rotatable bonds is 2. The molecule has 0 fully saturated rings. The zero-order valence-electron chi connectivity index (χ0n) is 7.65. The van der Waals surface area contributed by atoms with Crippen LogP contribution in [0.1, 0.15) is 19.7 Å². The van der Waals surface area contributed by atoms with Gasteiger partial charge in [0.2, 0.25) is 0 Å². The van der Waals surface area contributed by atoms with Crippen molar-refractivity contribution < 1.29 is 58.6 Å². The van der Waals surface area contributed by atoms with Crippen molar-refractivity contribution >= 4 is 6.29 Å². The quantitative estimate of drug-likeness (QED) is 0.666. The summed E-state index contributed by atoms with van der Waals surface area (Å²) < 4.78 is 0. The fraction of sp³-hybridized carbons (Fsp3) is 0.375. The van der Waals surface area contributed by atoms with Gasteiger partial charge in [-0.05, 0) is 5.82 Å². The summed E-state index contributed by atoms with van der Waals surface area (Å²) >= 11 is 0. The maximum absolute atomic E-state index is 9.76. The third-order valence-corrected chi connectivity index (χ3v) is 0.797. The molecule has 1 heterocycles. The molecule has 0 amide bonds. The van der Waals surface area contributed by atoms with E-state index >= 15 is 0 Å². The van der Waals surface area contributed by atoms with Crippen LogP contribution < -0.4 is 0 Å². The molecular formula is C8H10N2OWY-2. The first-order valence-electron chi connectivity index (χ1n) is 3.46. The number of carbonyl (C=O) groups excluding carboxylic acids is 1. The largest absolute Gasteiger partial charge is 0.542 e. The van der Waals surface area contributed by atoms with Crippen molar-refractivity contribution in [1.82, 2.24) is 9.97 Å². The zero-order chi connectivity index (χ0) is 8.53. The third kappa shape index (κ3) is 10.5. The Labute approximate surface area is 118 Å². The number of aromatic nitrogens is 2. The van der Waals surface area contributed by atoms with Gasteiger partial charge in [0.25, 0.3) is 0 Å². The fourth-order valence-corrected chi connectivity index (χ4v) is 0.447. The Morgan fingerprint density at radius 1 is 1.54 bits per heavy atom. The molecule has 0 saturated carbocycles. The van der Waals surface area contributed by atoms with Crippen LogP contribution in [0.2, 0.25) is 0 Å². The third-order valence-electron chi connectivity index (χ3n) is 0.797. The average Bonchev–Trinajstić information content (AvgIpc) is 2.11. The van der Waals surface area contributed by atoms with E-state index in [1.54, 1.807) is 18.5 Å². The van der Waals surface area contributed by atoms with Crippen LogP contribution in [0, 0.1) is 6.20 Å². The molecule has 1 aromatic rings. The Balaban J connectivity index is -0.000000234. The molecule has 69 valence electrons. The SMILES string of the molecule is CC.O=[C-]Cc1n[c-]ccn1.[W].[Y]. The second kappa shape index (κ2) is 15.0. The summed E-state index contributed by atoms with van der Waals surface area (Å²) in [7, 11) is 0. The van der Waals surface area contributed by atoms with Gasteiger partial charge in [-0.15, -0.1) is 12.5 Å². The van der Waals surface area contributed by atoms with Gasteiger partial charge in [-0.3, -0.25) is 6.29 Å². The van der Waals surface area contributed by atoms with Gasteiger partial charge in [-0.2, -0.15) is 0 Å². The molecule has 0 bridgehead atoms. The molecule has 0 saturated heterocycles. The minimum atomic E-state index is 0. The van der Waals surface area contributed by atoms with E-state index in [9.17, 15) is 4.79 Å². The van der Waals surface area contributed by atoms with Crippen LogP contribution in [0.4, 0.5) is 0 Å². The Morgan fingerprint density at radius 3 is 2.54 bits per heavy atom. The summed E-state index contributed by atoms with van der Waals surface area (Å²) in [6.07, 6.45) is 5.93. The molecule has 0 aliphatic carbocycles. The molecule has 5 heteroatoms. The van der Waals surface area contributed by atoms with Crippen LogP contribution in [-0.4, -0.2) is 16.3 Å². The topological polar surface area (TPSA) is 42.9 Å². The maximum Gasteiger partial charge on any atom is 0 e. The van der Waals surface area contributed by atoms with Crippen molar-refractivity contribution in [2.24, 2.45) is 0 Å². The molecule has 1 rings (SSSR count). The number of hydrogen-bond donors (Lipinski definition) is 0. The van der Waals surface area contributed by atoms with E-state index in [1.807, 2.05) is 13.8 Å². The van der Waals surface area contributed by atoms with E-state index in [1.165, 1.54) is 0 Å². The summed E-state index contributed by atoms with van der Waals surface area (Å²) in [6.45, 7) is 4.00. The molecule has 0 unspecified atom stereocenters. The van der Waals surface area contributed by atoms with Crippen LogP contribution in [0.5, 0.6) is 0 Å². The van der Waals surface area contributed by atoms with Crippen molar-refractivity contribution in [2.75, 3.05) is 0 Å². The minimum Gasteiger partial charge on any atom is -0.542 e. The van der Waals surface area contributed by atoms with Gasteiger partial charge in [0.15, 0.2) is 0 Å². The summed E-state index contributed by atoms with van der Waals surface area (Å²) in [5.41, 5.74) is 0. The van der Waals surface area contributed by atoms with Crippen LogP contribution >= 0.6 is 0 Å². The molecule has 0 aromatic carbocycles. The summed E-state index contributed by atoms with van der Waals surface area (Å²) in [6, 6.07) is 1.58. The number of hydrogen-bond acceptors (Lipinski definition) is 3. The first-order chi connectivity index (χ1) is 5.43. The van der Waals surface area contributed by atoms with E-state index in [-0.39, 0.29) is 60.2 Å². The second-order valence-corrected chi connectivity index (χ2v) is 1.42. The van der Waals surface area contributed by atoms with Gasteiger partial charge >= 0.3 is 0 Å². The smallest absolute Gasteiger partial charge is 0 e. The van der Waals surface area contributed by atoms with Crippen molar-refractivity contribution in [3.63, 3.8) is 0 Å². The van der Waals surface area contributed by atoms with Gasteiger partial charge in [-0.1, -0.05) is 26.2 Å². The molecule has 0 N–H and O–H groups in total. The van der Waals surface area contributed by atoms with Crippen molar-refractivity contribution in [2.45, 2.75) is 20.3 Å². The van der Waals surface area contributed by atoms with E-state index in [0.29, 0.717) is 5.82 Å². The van der Waals surface area contributed by atoms with Gasteiger partial charge in [0, 0.05) is 53.8 Å². The standard InChI is InChI=1S/C6H4N2O.C2H6.W.Y/c9-5-2-6-7-3-1-4-8-6;1-2;;/h1,3H,2H2;1-2H3;;/q-2;;;. The maximum atomic E-state index is 9.76. The van der Waals surface area contributed by atoms with Crippen molar-refractivity contribution in [3.05, 3.63) is 24.3 Å². The fourth-order valence-electron chi connectivity index (χ4n) is 0.447. The Hall–Kier alpha value is 0.542. The molecule has 1 aromatic heterocycles. The van der Waals surface area contributed by atoms with Gasteiger partial charge in [-0.25, -0.2) is 0 Å². The van der Waals surface area contributed by atoms with Crippen molar-refractivity contribution in [3.8, 4) is 0 Å².